The van der Waals surface area contributed by atoms with Gasteiger partial charge in [0.1, 0.15) is 12.4 Å². The number of hydrogen-bond acceptors (Lipinski definition) is 4. The molecule has 6 heteroatoms. The monoisotopic (exact) mass is 334 g/mol. The minimum absolute atomic E-state index is 0.0562. The first kappa shape index (κ1) is 18.1. The van der Waals surface area contributed by atoms with Crippen LogP contribution in [-0.4, -0.2) is 61.7 Å². The first-order valence-electron chi connectivity index (χ1n) is 8.46. The molecule has 1 aliphatic heterocycles. The van der Waals surface area contributed by atoms with Crippen molar-refractivity contribution < 1.29 is 19.1 Å². The molecule has 6 nitrogen and oxygen atoms in total. The van der Waals surface area contributed by atoms with Crippen molar-refractivity contribution in [1.82, 2.24) is 9.80 Å². The van der Waals surface area contributed by atoms with E-state index in [2.05, 4.69) is 0 Å². The molecule has 0 N–H and O–H groups in total. The van der Waals surface area contributed by atoms with Crippen molar-refractivity contribution in [3.8, 4) is 5.75 Å². The highest BCUT2D eigenvalue weighted by Crippen LogP contribution is 2.19. The summed E-state index contributed by atoms with van der Waals surface area (Å²) in [5.41, 5.74) is 0. The summed E-state index contributed by atoms with van der Waals surface area (Å²) in [4.78, 5) is 27.7. The van der Waals surface area contributed by atoms with Gasteiger partial charge in [0.25, 0.3) is 0 Å². The molecule has 132 valence electrons. The molecule has 1 unspecified atom stereocenters. The van der Waals surface area contributed by atoms with E-state index in [0.29, 0.717) is 32.8 Å². The van der Waals surface area contributed by atoms with Crippen LogP contribution in [0.25, 0.3) is 0 Å². The lowest BCUT2D eigenvalue weighted by molar-refractivity contribution is -0.136. The molecule has 1 aromatic rings. The zero-order chi connectivity index (χ0) is 17.4. The molecule has 0 spiro atoms. The molecule has 1 aromatic carbocycles. The van der Waals surface area contributed by atoms with E-state index in [0.717, 1.165) is 18.6 Å². The average Bonchev–Trinajstić information content (AvgIpc) is 2.62. The van der Waals surface area contributed by atoms with E-state index >= 15 is 0 Å². The summed E-state index contributed by atoms with van der Waals surface area (Å²) >= 11 is 0. The molecular weight excluding hydrogens is 308 g/mol. The lowest BCUT2D eigenvalue weighted by Gasteiger charge is -2.33. The lowest BCUT2D eigenvalue weighted by Crippen LogP contribution is -2.46. The summed E-state index contributed by atoms with van der Waals surface area (Å²) in [5, 5.41) is 0. The van der Waals surface area contributed by atoms with Crippen molar-refractivity contribution in [1.29, 1.82) is 0 Å². The number of para-hydroxylation sites is 1. The third kappa shape index (κ3) is 5.15. The van der Waals surface area contributed by atoms with Gasteiger partial charge in [0.15, 0.2) is 0 Å². The molecule has 1 heterocycles. The van der Waals surface area contributed by atoms with Crippen LogP contribution in [0.3, 0.4) is 0 Å². The molecule has 24 heavy (non-hydrogen) atoms. The summed E-state index contributed by atoms with van der Waals surface area (Å²) in [6.07, 6.45) is 1.30. The summed E-state index contributed by atoms with van der Waals surface area (Å²) in [7, 11) is 1.78. The second kappa shape index (κ2) is 9.15. The van der Waals surface area contributed by atoms with Crippen LogP contribution in [0, 0.1) is 5.92 Å². The number of benzene rings is 1. The van der Waals surface area contributed by atoms with Crippen molar-refractivity contribution >= 4 is 12.0 Å². The van der Waals surface area contributed by atoms with Gasteiger partial charge in [0.2, 0.25) is 5.91 Å². The Morgan fingerprint density at radius 3 is 2.75 bits per heavy atom. The normalized spacial score (nSPS) is 17.2. The Balaban J connectivity index is 1.78. The zero-order valence-corrected chi connectivity index (χ0v) is 14.4. The van der Waals surface area contributed by atoms with Crippen LogP contribution >= 0.6 is 0 Å². The van der Waals surface area contributed by atoms with Crippen LogP contribution in [0.15, 0.2) is 30.3 Å². The van der Waals surface area contributed by atoms with E-state index in [1.165, 1.54) is 0 Å². The Morgan fingerprint density at radius 1 is 1.29 bits per heavy atom. The largest absolute Gasteiger partial charge is 0.492 e. The highest BCUT2D eigenvalue weighted by molar-refractivity contribution is 5.80. The minimum Gasteiger partial charge on any atom is -0.492 e. The van der Waals surface area contributed by atoms with Crippen LogP contribution in [-0.2, 0) is 9.53 Å². The summed E-state index contributed by atoms with van der Waals surface area (Å²) in [6, 6.07) is 9.54. The van der Waals surface area contributed by atoms with Crippen LogP contribution in [0.5, 0.6) is 5.75 Å². The Bertz CT molecular complexity index is 535. The number of likely N-dealkylation sites (N-methyl/N-ethyl adjacent to an activating group) is 1. The van der Waals surface area contributed by atoms with E-state index in [9.17, 15) is 9.59 Å². The summed E-state index contributed by atoms with van der Waals surface area (Å²) < 4.78 is 10.7. The highest BCUT2D eigenvalue weighted by atomic mass is 16.6. The fraction of sp³-hybridized carbons (Fsp3) is 0.556. The van der Waals surface area contributed by atoms with Crippen molar-refractivity contribution in [3.63, 3.8) is 0 Å². The maximum absolute atomic E-state index is 12.6. The van der Waals surface area contributed by atoms with E-state index in [1.54, 1.807) is 23.8 Å². The van der Waals surface area contributed by atoms with Gasteiger partial charge in [-0.3, -0.25) is 4.79 Å². The van der Waals surface area contributed by atoms with Gasteiger partial charge >= 0.3 is 6.09 Å². The van der Waals surface area contributed by atoms with E-state index in [-0.39, 0.29) is 17.9 Å². The topological polar surface area (TPSA) is 59.1 Å². The molecule has 0 saturated carbocycles. The third-order valence-electron chi connectivity index (χ3n) is 4.11. The van der Waals surface area contributed by atoms with Crippen molar-refractivity contribution in [2.45, 2.75) is 19.8 Å². The average molecular weight is 334 g/mol. The number of piperidine rings is 1. The molecule has 0 aliphatic carbocycles. The van der Waals surface area contributed by atoms with Gasteiger partial charge in [0.05, 0.1) is 19.1 Å². The zero-order valence-electron chi connectivity index (χ0n) is 14.4. The molecule has 0 radical (unpaired) electrons. The van der Waals surface area contributed by atoms with Gasteiger partial charge in [0, 0.05) is 20.1 Å². The number of carbonyl (C=O) groups is 2. The molecule has 1 aliphatic rings. The number of hydrogen-bond donors (Lipinski definition) is 0. The van der Waals surface area contributed by atoms with Crippen molar-refractivity contribution in [3.05, 3.63) is 30.3 Å². The standard InChI is InChI=1S/C18H26N2O4/c1-3-23-18(22)20-11-7-8-15(14-20)17(21)19(2)12-13-24-16-9-5-4-6-10-16/h4-6,9-10,15H,3,7-8,11-14H2,1-2H3. The van der Waals surface area contributed by atoms with Crippen molar-refractivity contribution in [2.24, 2.45) is 5.92 Å². The maximum atomic E-state index is 12.6. The van der Waals surface area contributed by atoms with E-state index < -0.39 is 0 Å². The molecule has 1 fully saturated rings. The molecule has 0 bridgehead atoms. The van der Waals surface area contributed by atoms with E-state index in [1.807, 2.05) is 30.3 Å². The van der Waals surface area contributed by atoms with Gasteiger partial charge in [-0.15, -0.1) is 0 Å². The van der Waals surface area contributed by atoms with Gasteiger partial charge < -0.3 is 19.3 Å². The minimum atomic E-state index is -0.329. The number of nitrogens with zero attached hydrogens (tertiary/aromatic N) is 2. The predicted molar refractivity (Wildman–Crippen MR) is 90.9 cm³/mol. The molecular formula is C18H26N2O4. The molecule has 1 saturated heterocycles. The first-order valence-corrected chi connectivity index (χ1v) is 8.46. The number of carbonyl (C=O) groups excluding carboxylic acids is 2. The number of likely N-dealkylation sites (tertiary alicyclic amines) is 1. The Kier molecular flexibility index (Phi) is 6.90. The SMILES string of the molecule is CCOC(=O)N1CCCC(C(=O)N(C)CCOc2ccccc2)C1. The predicted octanol–water partition coefficient (Wildman–Crippen LogP) is 2.39. The fourth-order valence-electron chi connectivity index (χ4n) is 2.80. The van der Waals surface area contributed by atoms with Gasteiger partial charge in [-0.25, -0.2) is 4.79 Å². The van der Waals surface area contributed by atoms with Gasteiger partial charge in [-0.2, -0.15) is 0 Å². The second-order valence-corrected chi connectivity index (χ2v) is 5.91. The third-order valence-corrected chi connectivity index (χ3v) is 4.11. The summed E-state index contributed by atoms with van der Waals surface area (Å²) in [6.45, 7) is 4.19. The maximum Gasteiger partial charge on any atom is 0.409 e. The van der Waals surface area contributed by atoms with Gasteiger partial charge in [-0.1, -0.05) is 18.2 Å². The molecule has 2 amide bonds. The molecule has 2 rings (SSSR count). The Labute approximate surface area is 143 Å². The van der Waals surface area contributed by atoms with Crippen LogP contribution in [0.4, 0.5) is 4.79 Å². The fourth-order valence-corrected chi connectivity index (χ4v) is 2.80. The van der Waals surface area contributed by atoms with E-state index in [4.69, 9.17) is 9.47 Å². The second-order valence-electron chi connectivity index (χ2n) is 5.91. The smallest absolute Gasteiger partial charge is 0.409 e. The van der Waals surface area contributed by atoms with Crippen LogP contribution in [0.2, 0.25) is 0 Å². The first-order chi connectivity index (χ1) is 11.6. The molecule has 1 atom stereocenters. The Hall–Kier alpha value is -2.24. The van der Waals surface area contributed by atoms with Crippen LogP contribution < -0.4 is 4.74 Å². The number of ether oxygens (including phenoxy) is 2. The number of amides is 2. The molecule has 0 aromatic heterocycles. The summed E-state index contributed by atoms with van der Waals surface area (Å²) in [5.74, 6) is 0.690. The highest BCUT2D eigenvalue weighted by Gasteiger charge is 2.30. The lowest BCUT2D eigenvalue weighted by atomic mass is 9.97. The van der Waals surface area contributed by atoms with Gasteiger partial charge in [-0.05, 0) is 31.9 Å². The Morgan fingerprint density at radius 2 is 2.04 bits per heavy atom. The quantitative estimate of drug-likeness (QED) is 0.801. The van der Waals surface area contributed by atoms with Crippen LogP contribution in [0.1, 0.15) is 19.8 Å². The van der Waals surface area contributed by atoms with Crippen molar-refractivity contribution in [2.75, 3.05) is 39.9 Å². The number of rotatable bonds is 6.